The van der Waals surface area contributed by atoms with Gasteiger partial charge in [-0.3, -0.25) is 4.79 Å². The summed E-state index contributed by atoms with van der Waals surface area (Å²) in [6, 6.07) is 0. The molecule has 0 radical (unpaired) electrons. The van der Waals surface area contributed by atoms with Crippen LogP contribution in [-0.2, 0) is 74.7 Å². The third-order valence-electron chi connectivity index (χ3n) is 26.9. The number of rotatable bonds is 10. The van der Waals surface area contributed by atoms with Gasteiger partial charge in [0.05, 0.1) is 63.8 Å². The van der Waals surface area contributed by atoms with Crippen molar-refractivity contribution < 1.29 is 154 Å². The number of nitrogens with one attached hydrogen (secondary N) is 1. The number of hydrogen-bond donors (Lipinski definition) is 19. The van der Waals surface area contributed by atoms with Crippen LogP contribution in [0.5, 0.6) is 0 Å². The summed E-state index contributed by atoms with van der Waals surface area (Å²) in [5.41, 5.74) is 0.482. The first-order valence-corrected chi connectivity index (χ1v) is 36.8. The molecule has 38 atom stereocenters. The Morgan fingerprint density at radius 2 is 0.837 bits per heavy atom. The summed E-state index contributed by atoms with van der Waals surface area (Å²) in [6.07, 6.45) is -47.5. The molecule has 26 fully saturated rings. The molecule has 104 heavy (non-hydrogen) atoms. The minimum Gasteiger partial charge on any atom is -0.394 e. The van der Waals surface area contributed by atoms with Crippen LogP contribution >= 0.6 is 0 Å². The number of aliphatic hydroxyl groups excluding tert-OH is 18. The number of amides is 1. The van der Waals surface area contributed by atoms with Crippen molar-refractivity contribution in [3.63, 3.8) is 0 Å². The van der Waals surface area contributed by atoms with Crippen molar-refractivity contribution in [1.29, 1.82) is 0 Å². The average Bonchev–Trinajstić information content (AvgIpc) is 0.731. The van der Waals surface area contributed by atoms with Crippen molar-refractivity contribution in [3.8, 4) is 0 Å². The summed E-state index contributed by atoms with van der Waals surface area (Å²) >= 11 is 0. The van der Waals surface area contributed by atoms with Gasteiger partial charge in [0.2, 0.25) is 5.91 Å². The van der Waals surface area contributed by atoms with Crippen LogP contribution < -0.4 is 5.32 Å². The second-order valence-electron chi connectivity index (χ2n) is 33.5. The Labute approximate surface area is 600 Å². The van der Waals surface area contributed by atoms with E-state index in [9.17, 15) is 91.9 Å². The van der Waals surface area contributed by atoms with Gasteiger partial charge in [0, 0.05) is 0 Å². The zero-order valence-electron chi connectivity index (χ0n) is 59.5. The molecule has 1 aromatic heterocycles. The van der Waals surface area contributed by atoms with E-state index in [0.29, 0.717) is 24.7 Å². The van der Waals surface area contributed by atoms with E-state index < -0.39 is 229 Å². The Hall–Kier alpha value is -2.85. The lowest BCUT2D eigenvalue weighted by Crippen LogP contribution is -2.69. The van der Waals surface area contributed by atoms with Crippen molar-refractivity contribution in [2.45, 2.75) is 316 Å². The Morgan fingerprint density at radius 1 is 0.462 bits per heavy atom. The van der Waals surface area contributed by atoms with E-state index in [1.165, 1.54) is 16.5 Å². The molecule has 23 heterocycles. The molecular formula is C69H110N4O31. The fourth-order valence-corrected chi connectivity index (χ4v) is 20.6. The van der Waals surface area contributed by atoms with Crippen LogP contribution in [0.3, 0.4) is 0 Å². The molecule has 4 saturated carbocycles. The number of carbonyl (C=O) groups is 1. The molecule has 0 unspecified atom stereocenters. The maximum atomic E-state index is 15.3. The number of carbonyl (C=O) groups excluding carboxylic acids is 1. The molecule has 35 nitrogen and oxygen atoms in total. The summed E-state index contributed by atoms with van der Waals surface area (Å²) in [4.78, 5) is 15.3. The van der Waals surface area contributed by atoms with Gasteiger partial charge in [-0.05, 0) is 109 Å². The van der Waals surface area contributed by atoms with Crippen LogP contribution in [0, 0.1) is 50.2 Å². The molecule has 28 rings (SSSR count). The first kappa shape index (κ1) is 79.2. The van der Waals surface area contributed by atoms with Gasteiger partial charge in [0.25, 0.3) is 0 Å². The summed E-state index contributed by atoms with van der Waals surface area (Å²) in [6.45, 7) is 10.8. The molecule has 22 aliphatic heterocycles. The van der Waals surface area contributed by atoms with E-state index >= 15 is 4.79 Å². The fourth-order valence-electron chi connectivity index (χ4n) is 20.6. The largest absolute Gasteiger partial charge is 0.394 e. The molecule has 1 amide bonds. The summed E-state index contributed by atoms with van der Waals surface area (Å²) in [5.74, 6) is 0.624. The molecule has 19 N–H and O–H groups in total. The van der Waals surface area contributed by atoms with Gasteiger partial charge in [0.1, 0.15) is 152 Å². The van der Waals surface area contributed by atoms with Crippen LogP contribution in [0.4, 0.5) is 0 Å². The lowest BCUT2D eigenvalue weighted by atomic mass is 9.33. The van der Waals surface area contributed by atoms with E-state index in [-0.39, 0.29) is 57.2 Å². The van der Waals surface area contributed by atoms with Gasteiger partial charge < -0.3 is 154 Å². The third-order valence-corrected chi connectivity index (χ3v) is 26.9. The number of fused-ring (bicyclic) bond motifs is 7. The Bertz CT molecular complexity index is 3150. The van der Waals surface area contributed by atoms with Gasteiger partial charge >= 0.3 is 0 Å². The number of aliphatic hydroxyl groups is 18. The predicted octanol–water partition coefficient (Wildman–Crippen LogP) is -5.98. The lowest BCUT2D eigenvalue weighted by Gasteiger charge is -2.71. The molecule has 22 saturated heterocycles. The molecule has 0 spiro atoms. The van der Waals surface area contributed by atoms with E-state index in [2.05, 4.69) is 70.2 Å². The maximum absolute atomic E-state index is 15.3. The topological polar surface area (TPSA) is 535 Å². The Kier molecular flexibility index (Phi) is 22.9. The van der Waals surface area contributed by atoms with Gasteiger partial charge in [-0.25, -0.2) is 4.68 Å². The highest BCUT2D eigenvalue weighted by Crippen LogP contribution is 2.76. The van der Waals surface area contributed by atoms with Crippen molar-refractivity contribution in [3.05, 3.63) is 23.5 Å². The summed E-state index contributed by atoms with van der Waals surface area (Å²) < 4.78 is 72.5. The summed E-state index contributed by atoms with van der Waals surface area (Å²) in [7, 11) is 0. The van der Waals surface area contributed by atoms with Crippen LogP contribution in [0.2, 0.25) is 0 Å². The Morgan fingerprint density at radius 3 is 1.23 bits per heavy atom. The molecule has 0 aromatic carbocycles. The van der Waals surface area contributed by atoms with E-state index in [1.54, 1.807) is 0 Å². The van der Waals surface area contributed by atoms with E-state index in [1.807, 2.05) is 0 Å². The van der Waals surface area contributed by atoms with Gasteiger partial charge in [0.15, 0.2) is 37.7 Å². The number of nitrogens with zero attached hydrogens (tertiary/aromatic N) is 3. The minimum absolute atomic E-state index is 0.0339. The molecule has 27 aliphatic rings. The van der Waals surface area contributed by atoms with Gasteiger partial charge in [-0.15, -0.1) is 5.10 Å². The van der Waals surface area contributed by atoms with Crippen molar-refractivity contribution >= 4 is 5.91 Å². The third kappa shape index (κ3) is 13.5. The normalized spacial score (nSPS) is 52.5. The molecular weight excluding hydrogens is 1380 g/mol. The van der Waals surface area contributed by atoms with E-state index in [0.717, 1.165) is 51.4 Å². The van der Waals surface area contributed by atoms with Crippen LogP contribution in [0.25, 0.3) is 0 Å². The second kappa shape index (κ2) is 30.0. The van der Waals surface area contributed by atoms with Gasteiger partial charge in [-0.2, -0.15) is 0 Å². The monoisotopic (exact) mass is 1490 g/mol. The quantitative estimate of drug-likeness (QED) is 0.0970. The molecule has 5 aliphatic carbocycles. The molecule has 12 bridgehead atoms. The number of aromatic nitrogens is 3. The highest BCUT2D eigenvalue weighted by atomic mass is 16.8. The standard InChI is InChI=1S/C69H110N4O31/c1-64(2)14-16-69(17-15-67(6)28(29(69)18-64)8-9-37-66(5)12-11-38(79)65(3,4)36(66)10-13-68(37,67)7)63(92)70-19-27-20-73(72-71-27)21-30-51-39(80)45(86)57(93-30)100-52-31(22-74)95-59(47(88)41(52)82)102-54-33(24-76)97-61(49(90)43(54)84)104-56-35(26-78)98-62(50(91)44(56)85)103-55-34(25-77)96-60(48(89)42(55)83)101-53-32(23-75)94-58(99-51)46(87)40(53)81/h8,20,29-62,74-91H,9-19,21-26H2,1-7H3,(H,70,92)/t29-,30-,31-,32-,33-,34-,35-,36+,37-,38+,39-,40-,41-,42-,43-,44-,45-,46-,47-,48-,49-,50-,51-,52-,53-,54-,55-,56-,57-,58-,59-,60-,61-,62-,66+,67-,68-,69+/m1/s1. The van der Waals surface area contributed by atoms with Crippen LogP contribution in [0.1, 0.15) is 118 Å². The molecule has 35 heteroatoms. The smallest absolute Gasteiger partial charge is 0.227 e. The first-order valence-electron chi connectivity index (χ1n) is 36.8. The van der Waals surface area contributed by atoms with Crippen LogP contribution in [0.15, 0.2) is 17.8 Å². The lowest BCUT2D eigenvalue weighted by molar-refractivity contribution is -0.403. The second-order valence-corrected chi connectivity index (χ2v) is 33.5. The Balaban J connectivity index is 0.767. The first-order chi connectivity index (χ1) is 49.1. The minimum atomic E-state index is -2.21. The highest BCUT2D eigenvalue weighted by Gasteiger charge is 2.70. The maximum Gasteiger partial charge on any atom is 0.227 e. The predicted molar refractivity (Wildman–Crippen MR) is 346 cm³/mol. The van der Waals surface area contributed by atoms with Gasteiger partial charge in [-0.1, -0.05) is 65.3 Å². The fraction of sp³-hybridized carbons (Fsp3) is 0.928. The average molecular weight is 1490 g/mol. The molecule has 1 aromatic rings. The summed E-state index contributed by atoms with van der Waals surface area (Å²) in [5, 5.41) is 217. The number of allylic oxidation sites excluding steroid dienone is 2. The van der Waals surface area contributed by atoms with Crippen molar-refractivity contribution in [2.75, 3.05) is 33.0 Å². The number of ether oxygens (including phenoxy) is 12. The zero-order valence-corrected chi connectivity index (χ0v) is 59.5. The molecule has 592 valence electrons. The SMILES string of the molecule is CC1(C)CC[C@]2(C(=O)NCc3cn(C[C@H]4O[C@@H]5O[C@H]6[C@H](O)[C@@H](O)[C@@H](O[C@H]7[C@H](O)[C@@H](O)[C@@H](O[C@H]8[C@H](O)[C@@H](O)[C@@H](O[C@H]9[C@H](O)[C@@H](O)[C@@H](O[C@H]%10[C@H](O)[C@@H](O)[C@@H](O[C@H]4[C@H](O)[C@H]5O)O[C@@H]%10CO)O[C@@H]9CO)O[C@@H]8CO)O[C@@H]7CO)O[C@@H]6CO)nn3)CC[C@]3(C)C(=CC[C@@H]4[C@@]5(C)CC[C@H](O)C(C)(C)[C@@H]5CC[C@]43C)[C@H]2C1. The van der Waals surface area contributed by atoms with Crippen molar-refractivity contribution in [1.82, 2.24) is 20.3 Å². The zero-order chi connectivity index (χ0) is 75.0. The number of hydrogen-bond acceptors (Lipinski definition) is 33. The van der Waals surface area contributed by atoms with E-state index in [4.69, 9.17) is 56.8 Å². The highest BCUT2D eigenvalue weighted by molar-refractivity contribution is 5.84. The van der Waals surface area contributed by atoms with Crippen LogP contribution in [-0.4, -0.2) is 336 Å². The van der Waals surface area contributed by atoms with Crippen molar-refractivity contribution in [2.24, 2.45) is 50.2 Å².